The van der Waals surface area contributed by atoms with Gasteiger partial charge in [-0.15, -0.1) is 0 Å². The Morgan fingerprint density at radius 3 is 2.25 bits per heavy atom. The standard InChI is InChI=1S/C23H30FNO3/c1-3-4-5-6-7-8-9-10-21(25-27)19-15-17(11-13-22(19)26)18-12-14-23(28-2)20(24)16-18/h11-16,26-27H,3-10H2,1-2H3/b25-21+. The maximum absolute atomic E-state index is 14.0. The van der Waals surface area contributed by atoms with Gasteiger partial charge in [-0.05, 0) is 48.2 Å². The smallest absolute Gasteiger partial charge is 0.165 e. The van der Waals surface area contributed by atoms with E-state index < -0.39 is 5.82 Å². The molecule has 0 amide bonds. The SMILES string of the molecule is CCCCCCCCC/C(=N\O)c1cc(-c2ccc(OC)c(F)c2)ccc1O. The topological polar surface area (TPSA) is 62.1 Å². The van der Waals surface area contributed by atoms with E-state index in [0.29, 0.717) is 23.3 Å². The molecule has 0 unspecified atom stereocenters. The van der Waals surface area contributed by atoms with Gasteiger partial charge in [-0.2, -0.15) is 0 Å². The maximum Gasteiger partial charge on any atom is 0.165 e. The highest BCUT2D eigenvalue weighted by atomic mass is 19.1. The van der Waals surface area contributed by atoms with Crippen LogP contribution in [0.3, 0.4) is 0 Å². The number of phenols is 1. The average Bonchev–Trinajstić information content (AvgIpc) is 2.71. The monoisotopic (exact) mass is 387 g/mol. The maximum atomic E-state index is 14.0. The van der Waals surface area contributed by atoms with Crippen LogP contribution in [0.2, 0.25) is 0 Å². The molecule has 0 heterocycles. The molecule has 4 nitrogen and oxygen atoms in total. The first-order valence-corrected chi connectivity index (χ1v) is 9.99. The van der Waals surface area contributed by atoms with E-state index in [4.69, 9.17) is 4.74 Å². The van der Waals surface area contributed by atoms with E-state index in [1.165, 1.54) is 38.9 Å². The van der Waals surface area contributed by atoms with E-state index in [1.54, 1.807) is 30.3 Å². The quantitative estimate of drug-likeness (QED) is 0.199. The fourth-order valence-corrected chi connectivity index (χ4v) is 3.28. The minimum Gasteiger partial charge on any atom is -0.507 e. The lowest BCUT2D eigenvalue weighted by Gasteiger charge is -2.11. The summed E-state index contributed by atoms with van der Waals surface area (Å²) in [6, 6.07) is 9.69. The van der Waals surface area contributed by atoms with Crippen LogP contribution in [-0.2, 0) is 0 Å². The fourth-order valence-electron chi connectivity index (χ4n) is 3.28. The Balaban J connectivity index is 2.07. The van der Waals surface area contributed by atoms with Gasteiger partial charge in [0, 0.05) is 5.56 Å². The molecular formula is C23H30FNO3. The summed E-state index contributed by atoms with van der Waals surface area (Å²) in [6.45, 7) is 2.20. The van der Waals surface area contributed by atoms with Gasteiger partial charge in [-0.1, -0.05) is 62.7 Å². The summed E-state index contributed by atoms with van der Waals surface area (Å²) in [5, 5.41) is 23.1. The van der Waals surface area contributed by atoms with Gasteiger partial charge in [-0.3, -0.25) is 0 Å². The van der Waals surface area contributed by atoms with Crippen molar-refractivity contribution in [2.45, 2.75) is 58.3 Å². The van der Waals surface area contributed by atoms with Crippen molar-refractivity contribution in [3.05, 3.63) is 47.8 Å². The Bertz CT molecular complexity index is 789. The number of benzene rings is 2. The molecule has 0 atom stereocenters. The second kappa shape index (κ2) is 11.3. The molecule has 0 bridgehead atoms. The van der Waals surface area contributed by atoms with Crippen LogP contribution in [0.5, 0.6) is 11.5 Å². The number of halogens is 1. The number of methoxy groups -OCH3 is 1. The molecule has 0 fully saturated rings. The number of hydrogen-bond donors (Lipinski definition) is 2. The van der Waals surface area contributed by atoms with E-state index in [0.717, 1.165) is 24.8 Å². The Labute approximate surface area is 166 Å². The fraction of sp³-hybridized carbons (Fsp3) is 0.435. The summed E-state index contributed by atoms with van der Waals surface area (Å²) in [7, 11) is 1.42. The van der Waals surface area contributed by atoms with E-state index in [9.17, 15) is 14.7 Å². The van der Waals surface area contributed by atoms with Crippen LogP contribution in [0.15, 0.2) is 41.6 Å². The number of hydrogen-bond acceptors (Lipinski definition) is 4. The molecule has 2 aromatic rings. The number of nitrogens with zero attached hydrogens (tertiary/aromatic N) is 1. The summed E-state index contributed by atoms with van der Waals surface area (Å²) < 4.78 is 19.0. The molecule has 0 saturated heterocycles. The van der Waals surface area contributed by atoms with Gasteiger partial charge in [0.15, 0.2) is 11.6 Å². The summed E-state index contributed by atoms with van der Waals surface area (Å²) in [4.78, 5) is 0. The zero-order valence-corrected chi connectivity index (χ0v) is 16.7. The number of ether oxygens (including phenoxy) is 1. The van der Waals surface area contributed by atoms with Crippen molar-refractivity contribution in [1.29, 1.82) is 0 Å². The molecule has 0 aliphatic heterocycles. The highest BCUT2D eigenvalue weighted by Gasteiger charge is 2.13. The Morgan fingerprint density at radius 1 is 0.964 bits per heavy atom. The largest absolute Gasteiger partial charge is 0.507 e. The first-order chi connectivity index (χ1) is 13.6. The lowest BCUT2D eigenvalue weighted by molar-refractivity contribution is 0.317. The summed E-state index contributed by atoms with van der Waals surface area (Å²) in [5.41, 5.74) is 2.31. The normalized spacial score (nSPS) is 11.6. The molecule has 0 spiro atoms. The van der Waals surface area contributed by atoms with Gasteiger partial charge in [0.05, 0.1) is 12.8 Å². The average molecular weight is 387 g/mol. The zero-order chi connectivity index (χ0) is 20.4. The van der Waals surface area contributed by atoms with Gasteiger partial charge >= 0.3 is 0 Å². The second-order valence-corrected chi connectivity index (χ2v) is 7.00. The van der Waals surface area contributed by atoms with Crippen molar-refractivity contribution in [1.82, 2.24) is 0 Å². The molecule has 5 heteroatoms. The molecule has 0 saturated carbocycles. The predicted octanol–water partition coefficient (Wildman–Crippen LogP) is 6.53. The number of unbranched alkanes of at least 4 members (excludes halogenated alkanes) is 6. The Hall–Kier alpha value is -2.56. The van der Waals surface area contributed by atoms with Crippen molar-refractivity contribution in [3.63, 3.8) is 0 Å². The van der Waals surface area contributed by atoms with E-state index in [2.05, 4.69) is 12.1 Å². The minimum atomic E-state index is -0.450. The molecule has 0 aromatic heterocycles. The Morgan fingerprint density at radius 2 is 1.61 bits per heavy atom. The molecular weight excluding hydrogens is 357 g/mol. The van der Waals surface area contributed by atoms with E-state index in [-0.39, 0.29) is 11.5 Å². The molecule has 0 radical (unpaired) electrons. The molecule has 28 heavy (non-hydrogen) atoms. The van der Waals surface area contributed by atoms with Crippen molar-refractivity contribution in [2.24, 2.45) is 5.16 Å². The third kappa shape index (κ3) is 5.98. The van der Waals surface area contributed by atoms with Crippen LogP contribution in [0.4, 0.5) is 4.39 Å². The molecule has 2 rings (SSSR count). The minimum absolute atomic E-state index is 0.0495. The second-order valence-electron chi connectivity index (χ2n) is 7.00. The molecule has 152 valence electrons. The van der Waals surface area contributed by atoms with Gasteiger partial charge in [0.2, 0.25) is 0 Å². The van der Waals surface area contributed by atoms with Crippen LogP contribution >= 0.6 is 0 Å². The third-order valence-electron chi connectivity index (χ3n) is 4.93. The molecule has 0 aliphatic rings. The first-order valence-electron chi connectivity index (χ1n) is 9.99. The van der Waals surface area contributed by atoms with Crippen LogP contribution in [0, 0.1) is 5.82 Å². The predicted molar refractivity (Wildman–Crippen MR) is 111 cm³/mol. The van der Waals surface area contributed by atoms with Crippen molar-refractivity contribution < 1.29 is 19.4 Å². The van der Waals surface area contributed by atoms with Crippen LogP contribution in [0.1, 0.15) is 63.9 Å². The van der Waals surface area contributed by atoms with Gasteiger partial charge in [0.1, 0.15) is 5.75 Å². The van der Waals surface area contributed by atoms with Gasteiger partial charge in [0.25, 0.3) is 0 Å². The van der Waals surface area contributed by atoms with Gasteiger partial charge in [-0.25, -0.2) is 4.39 Å². The van der Waals surface area contributed by atoms with Crippen molar-refractivity contribution in [2.75, 3.05) is 7.11 Å². The summed E-state index contributed by atoms with van der Waals surface area (Å²) in [6.07, 6.45) is 8.69. The van der Waals surface area contributed by atoms with E-state index in [1.807, 2.05) is 0 Å². The molecule has 2 N–H and O–H groups in total. The summed E-state index contributed by atoms with van der Waals surface area (Å²) >= 11 is 0. The van der Waals surface area contributed by atoms with Crippen LogP contribution in [-0.4, -0.2) is 23.1 Å². The number of oxime groups is 1. The summed E-state index contributed by atoms with van der Waals surface area (Å²) in [5.74, 6) is -0.221. The lowest BCUT2D eigenvalue weighted by atomic mass is 9.97. The van der Waals surface area contributed by atoms with Crippen molar-refractivity contribution in [3.8, 4) is 22.6 Å². The number of phenolic OH excluding ortho intramolecular Hbond substituents is 1. The zero-order valence-electron chi connectivity index (χ0n) is 16.7. The van der Waals surface area contributed by atoms with Crippen LogP contribution < -0.4 is 4.74 Å². The highest BCUT2D eigenvalue weighted by molar-refractivity contribution is 6.03. The first kappa shape index (κ1) is 21.7. The van der Waals surface area contributed by atoms with Crippen molar-refractivity contribution >= 4 is 5.71 Å². The van der Waals surface area contributed by atoms with Crippen LogP contribution in [0.25, 0.3) is 11.1 Å². The van der Waals surface area contributed by atoms with E-state index >= 15 is 0 Å². The molecule has 0 aliphatic carbocycles. The highest BCUT2D eigenvalue weighted by Crippen LogP contribution is 2.30. The number of aromatic hydroxyl groups is 1. The third-order valence-corrected chi connectivity index (χ3v) is 4.93. The molecule has 2 aromatic carbocycles. The Kier molecular flexibility index (Phi) is 8.79. The lowest BCUT2D eigenvalue weighted by Crippen LogP contribution is -2.02. The van der Waals surface area contributed by atoms with Gasteiger partial charge < -0.3 is 15.1 Å². The number of rotatable bonds is 11.